The van der Waals surface area contributed by atoms with E-state index in [9.17, 15) is 4.39 Å². The van der Waals surface area contributed by atoms with Crippen molar-refractivity contribution in [2.45, 2.75) is 0 Å². The van der Waals surface area contributed by atoms with Crippen LogP contribution in [0.2, 0.25) is 0 Å². The van der Waals surface area contributed by atoms with Crippen molar-refractivity contribution in [1.29, 1.82) is 0 Å². The highest BCUT2D eigenvalue weighted by molar-refractivity contribution is 5.95. The zero-order valence-electron chi connectivity index (χ0n) is 19.8. The molecular formula is C28H24FN7. The lowest BCUT2D eigenvalue weighted by Crippen LogP contribution is -2.44. The van der Waals surface area contributed by atoms with Gasteiger partial charge in [-0.15, -0.1) is 0 Å². The average Bonchev–Trinajstić information content (AvgIpc) is 2.93. The third-order valence-electron chi connectivity index (χ3n) is 6.51. The van der Waals surface area contributed by atoms with Gasteiger partial charge in [-0.05, 0) is 55.1 Å². The standard InChI is InChI=1S/C28H24FN7/c1-35-11-13-36(14-12-35)26-8-10-32-27(34-26)20-15-19(17-30-18-20)23-16-25(22-5-2-3-7-24(22)29)33-28-21(23)6-4-9-31-28/h2-10,15-18H,11-14H2,1H3. The van der Waals surface area contributed by atoms with Gasteiger partial charge in [-0.25, -0.2) is 24.3 Å². The van der Waals surface area contributed by atoms with Gasteiger partial charge in [0.05, 0.1) is 5.69 Å². The summed E-state index contributed by atoms with van der Waals surface area (Å²) in [5, 5.41) is 0.864. The minimum absolute atomic E-state index is 0.327. The second-order valence-corrected chi connectivity index (χ2v) is 8.90. The second-order valence-electron chi connectivity index (χ2n) is 8.90. The van der Waals surface area contributed by atoms with E-state index in [0.29, 0.717) is 22.7 Å². The van der Waals surface area contributed by atoms with E-state index in [4.69, 9.17) is 4.98 Å². The van der Waals surface area contributed by atoms with Crippen LogP contribution in [0.3, 0.4) is 0 Å². The first-order valence-electron chi connectivity index (χ1n) is 11.9. The van der Waals surface area contributed by atoms with Crippen LogP contribution in [-0.2, 0) is 0 Å². The Morgan fingerprint density at radius 1 is 0.778 bits per heavy atom. The molecule has 0 N–H and O–H groups in total. The summed E-state index contributed by atoms with van der Waals surface area (Å²) in [6.45, 7) is 3.87. The zero-order valence-corrected chi connectivity index (χ0v) is 19.8. The highest BCUT2D eigenvalue weighted by Gasteiger charge is 2.17. The molecule has 0 amide bonds. The fraction of sp³-hybridized carbons (Fsp3) is 0.179. The van der Waals surface area contributed by atoms with E-state index >= 15 is 0 Å². The van der Waals surface area contributed by atoms with Gasteiger partial charge in [0.25, 0.3) is 0 Å². The Kier molecular flexibility index (Phi) is 5.79. The lowest BCUT2D eigenvalue weighted by molar-refractivity contribution is 0.312. The van der Waals surface area contributed by atoms with E-state index in [-0.39, 0.29) is 5.82 Å². The molecule has 36 heavy (non-hydrogen) atoms. The molecular weight excluding hydrogens is 453 g/mol. The molecule has 5 aromatic rings. The molecule has 8 heteroatoms. The fourth-order valence-corrected chi connectivity index (χ4v) is 4.51. The number of halogens is 1. The molecule has 0 saturated carbocycles. The number of piperazine rings is 1. The van der Waals surface area contributed by atoms with E-state index in [1.165, 1.54) is 6.07 Å². The Morgan fingerprint density at radius 2 is 1.61 bits per heavy atom. The first kappa shape index (κ1) is 22.2. The van der Waals surface area contributed by atoms with Crippen LogP contribution in [-0.4, -0.2) is 63.0 Å². The van der Waals surface area contributed by atoms with Crippen molar-refractivity contribution < 1.29 is 4.39 Å². The average molecular weight is 478 g/mol. The molecule has 1 saturated heterocycles. The maximum Gasteiger partial charge on any atom is 0.163 e. The molecule has 0 bridgehead atoms. The van der Waals surface area contributed by atoms with Crippen molar-refractivity contribution >= 4 is 16.9 Å². The topological polar surface area (TPSA) is 70.9 Å². The Hall–Kier alpha value is -4.30. The summed E-state index contributed by atoms with van der Waals surface area (Å²) in [6.07, 6.45) is 7.05. The molecule has 1 fully saturated rings. The van der Waals surface area contributed by atoms with E-state index in [1.54, 1.807) is 43.0 Å². The third kappa shape index (κ3) is 4.27. The summed E-state index contributed by atoms with van der Waals surface area (Å²) in [4.78, 5) is 27.6. The quantitative estimate of drug-likeness (QED) is 0.371. The minimum Gasteiger partial charge on any atom is -0.354 e. The lowest BCUT2D eigenvalue weighted by atomic mass is 9.99. The predicted octanol–water partition coefficient (Wildman–Crippen LogP) is 4.71. The highest BCUT2D eigenvalue weighted by atomic mass is 19.1. The normalized spacial score (nSPS) is 14.3. The van der Waals surface area contributed by atoms with E-state index in [1.807, 2.05) is 30.3 Å². The first-order valence-corrected chi connectivity index (χ1v) is 11.9. The Morgan fingerprint density at radius 3 is 2.47 bits per heavy atom. The molecule has 0 unspecified atom stereocenters. The number of fused-ring (bicyclic) bond motifs is 1. The van der Waals surface area contributed by atoms with Crippen molar-refractivity contribution in [2.75, 3.05) is 38.1 Å². The van der Waals surface area contributed by atoms with Gasteiger partial charge in [-0.2, -0.15) is 0 Å². The van der Waals surface area contributed by atoms with Crippen LogP contribution in [0, 0.1) is 5.82 Å². The number of hydrogen-bond donors (Lipinski definition) is 0. The van der Waals surface area contributed by atoms with Gasteiger partial charge in [0.2, 0.25) is 0 Å². The lowest BCUT2D eigenvalue weighted by Gasteiger charge is -2.33. The number of pyridine rings is 3. The van der Waals surface area contributed by atoms with Crippen LogP contribution < -0.4 is 4.90 Å². The maximum atomic E-state index is 14.6. The molecule has 0 spiro atoms. The summed E-state index contributed by atoms with van der Waals surface area (Å²) >= 11 is 0. The monoisotopic (exact) mass is 477 g/mol. The van der Waals surface area contributed by atoms with Gasteiger partial charge in [0, 0.05) is 73.0 Å². The molecule has 0 atom stereocenters. The number of hydrogen-bond acceptors (Lipinski definition) is 7. The van der Waals surface area contributed by atoms with Crippen molar-refractivity contribution in [3.05, 3.63) is 85.2 Å². The summed E-state index contributed by atoms with van der Waals surface area (Å²) in [5.41, 5.74) is 4.04. The van der Waals surface area contributed by atoms with Gasteiger partial charge in [0.1, 0.15) is 11.6 Å². The fourth-order valence-electron chi connectivity index (χ4n) is 4.51. The molecule has 5 heterocycles. The molecule has 7 nitrogen and oxygen atoms in total. The van der Waals surface area contributed by atoms with Crippen molar-refractivity contribution in [1.82, 2.24) is 29.8 Å². The van der Waals surface area contributed by atoms with Crippen LogP contribution in [0.4, 0.5) is 10.2 Å². The molecule has 4 aromatic heterocycles. The SMILES string of the molecule is CN1CCN(c2ccnc(-c3cncc(-c4cc(-c5ccccc5F)nc5ncccc45)c3)n2)CC1. The van der Waals surface area contributed by atoms with Crippen LogP contribution >= 0.6 is 0 Å². The van der Waals surface area contributed by atoms with Crippen molar-refractivity contribution in [3.8, 4) is 33.8 Å². The summed E-state index contributed by atoms with van der Waals surface area (Å²) in [7, 11) is 2.13. The van der Waals surface area contributed by atoms with Crippen molar-refractivity contribution in [3.63, 3.8) is 0 Å². The smallest absolute Gasteiger partial charge is 0.163 e. The molecule has 1 aromatic carbocycles. The van der Waals surface area contributed by atoms with Gasteiger partial charge >= 0.3 is 0 Å². The number of anilines is 1. The Labute approximate surface area is 208 Å². The van der Waals surface area contributed by atoms with E-state index < -0.39 is 0 Å². The molecule has 1 aliphatic heterocycles. The zero-order chi connectivity index (χ0) is 24.5. The van der Waals surface area contributed by atoms with Crippen LogP contribution in [0.25, 0.3) is 44.8 Å². The van der Waals surface area contributed by atoms with Crippen LogP contribution in [0.5, 0.6) is 0 Å². The van der Waals surface area contributed by atoms with Gasteiger partial charge in [-0.3, -0.25) is 4.98 Å². The number of aromatic nitrogens is 5. The molecule has 1 aliphatic rings. The summed E-state index contributed by atoms with van der Waals surface area (Å²) in [5.74, 6) is 1.21. The largest absolute Gasteiger partial charge is 0.354 e. The Balaban J connectivity index is 1.43. The predicted molar refractivity (Wildman–Crippen MR) is 139 cm³/mol. The number of nitrogens with zero attached hydrogens (tertiary/aromatic N) is 7. The highest BCUT2D eigenvalue weighted by Crippen LogP contribution is 2.33. The van der Waals surface area contributed by atoms with Crippen LogP contribution in [0.15, 0.2) is 79.4 Å². The molecule has 6 rings (SSSR count). The summed E-state index contributed by atoms with van der Waals surface area (Å²) < 4.78 is 14.6. The van der Waals surface area contributed by atoms with Gasteiger partial charge in [-0.1, -0.05) is 12.1 Å². The van der Waals surface area contributed by atoms with E-state index in [2.05, 4.69) is 36.8 Å². The molecule has 0 aliphatic carbocycles. The number of rotatable bonds is 4. The van der Waals surface area contributed by atoms with Gasteiger partial charge in [0.15, 0.2) is 11.5 Å². The van der Waals surface area contributed by atoms with Crippen molar-refractivity contribution in [2.24, 2.45) is 0 Å². The molecule has 178 valence electrons. The third-order valence-corrected chi connectivity index (χ3v) is 6.51. The minimum atomic E-state index is -0.327. The first-order chi connectivity index (χ1) is 17.7. The number of benzene rings is 1. The second kappa shape index (κ2) is 9.39. The molecule has 0 radical (unpaired) electrons. The number of likely N-dealkylation sites (N-methyl/N-ethyl adjacent to an activating group) is 1. The van der Waals surface area contributed by atoms with Crippen LogP contribution in [0.1, 0.15) is 0 Å². The maximum absolute atomic E-state index is 14.6. The van der Waals surface area contributed by atoms with Gasteiger partial charge < -0.3 is 9.80 Å². The van der Waals surface area contributed by atoms with E-state index in [0.717, 1.165) is 54.1 Å². The summed E-state index contributed by atoms with van der Waals surface area (Å²) in [6, 6.07) is 16.3. The Bertz CT molecular complexity index is 1550.